The summed E-state index contributed by atoms with van der Waals surface area (Å²) in [6, 6.07) is 5.75. The van der Waals surface area contributed by atoms with E-state index in [2.05, 4.69) is 6.26 Å². The average molecular weight is 187 g/mol. The zero-order valence-electron chi connectivity index (χ0n) is 6.33. The van der Waals surface area contributed by atoms with Gasteiger partial charge in [-0.25, -0.2) is 12.8 Å². The van der Waals surface area contributed by atoms with Crippen LogP contribution in [0.25, 0.3) is 0 Å². The minimum atomic E-state index is -3.39. The molecule has 1 rings (SSSR count). The summed E-state index contributed by atoms with van der Waals surface area (Å²) in [5, 5.41) is 0. The molecule has 0 atom stereocenters. The van der Waals surface area contributed by atoms with Crippen molar-refractivity contribution in [3.8, 4) is 0 Å². The Hall–Kier alpha value is -0.900. The Morgan fingerprint density at radius 2 is 1.92 bits per heavy atom. The van der Waals surface area contributed by atoms with Crippen LogP contribution in [0.2, 0.25) is 0 Å². The topological polar surface area (TPSA) is 34.1 Å². The van der Waals surface area contributed by atoms with Crippen LogP contribution in [-0.2, 0) is 15.6 Å². The first-order chi connectivity index (χ1) is 5.49. The van der Waals surface area contributed by atoms with E-state index >= 15 is 0 Å². The van der Waals surface area contributed by atoms with Crippen LogP contribution in [0.5, 0.6) is 0 Å². The molecule has 0 aliphatic heterocycles. The Morgan fingerprint density at radius 3 is 2.42 bits per heavy atom. The number of sulfone groups is 1. The molecule has 0 heterocycles. The number of halogens is 1. The van der Waals surface area contributed by atoms with E-state index in [4.69, 9.17) is 0 Å². The van der Waals surface area contributed by atoms with E-state index in [1.165, 1.54) is 18.2 Å². The maximum Gasteiger partial charge on any atom is 0.155 e. The van der Waals surface area contributed by atoms with Crippen LogP contribution in [0.3, 0.4) is 0 Å². The molecule has 0 aliphatic carbocycles. The van der Waals surface area contributed by atoms with Gasteiger partial charge in [0, 0.05) is 5.56 Å². The van der Waals surface area contributed by atoms with E-state index in [1.807, 2.05) is 0 Å². The van der Waals surface area contributed by atoms with Crippen molar-refractivity contribution < 1.29 is 12.8 Å². The lowest BCUT2D eigenvalue weighted by Crippen LogP contribution is -2.00. The molecule has 0 saturated carbocycles. The first-order valence-corrected chi connectivity index (χ1v) is 5.10. The number of hydrogen-bond acceptors (Lipinski definition) is 2. The van der Waals surface area contributed by atoms with Crippen molar-refractivity contribution in [1.29, 1.82) is 0 Å². The molecule has 1 aromatic rings. The maximum atomic E-state index is 12.8. The number of benzene rings is 1. The van der Waals surface area contributed by atoms with Crippen molar-refractivity contribution in [2.45, 2.75) is 5.75 Å². The van der Waals surface area contributed by atoms with E-state index in [1.54, 1.807) is 6.07 Å². The molecule has 1 aromatic carbocycles. The quantitative estimate of drug-likeness (QED) is 0.703. The summed E-state index contributed by atoms with van der Waals surface area (Å²) in [7, 11) is -3.39. The highest BCUT2D eigenvalue weighted by Gasteiger charge is 2.07. The summed E-state index contributed by atoms with van der Waals surface area (Å²) < 4.78 is 34.2. The van der Waals surface area contributed by atoms with Gasteiger partial charge in [-0.05, 0) is 6.07 Å². The second kappa shape index (κ2) is 3.23. The van der Waals surface area contributed by atoms with Crippen molar-refractivity contribution in [3.63, 3.8) is 0 Å². The fourth-order valence-electron chi connectivity index (χ4n) is 0.852. The van der Waals surface area contributed by atoms with Crippen molar-refractivity contribution >= 4 is 9.84 Å². The summed E-state index contributed by atoms with van der Waals surface area (Å²) in [5.74, 6) is -0.857. The fraction of sp³-hybridized carbons (Fsp3) is 0.125. The standard InChI is InChI=1S/C8H8FO2S/c1-12(10,11)6-7-4-2-3-5-8(7)9/h2-5H,1,6H2. The molecule has 0 aliphatic rings. The van der Waals surface area contributed by atoms with Gasteiger partial charge in [0.15, 0.2) is 9.84 Å². The molecule has 0 N–H and O–H groups in total. The molecule has 0 fully saturated rings. The van der Waals surface area contributed by atoms with E-state index in [-0.39, 0.29) is 11.3 Å². The van der Waals surface area contributed by atoms with Crippen molar-refractivity contribution in [3.05, 3.63) is 41.9 Å². The maximum absolute atomic E-state index is 12.8. The first kappa shape index (κ1) is 9.19. The molecule has 65 valence electrons. The third-order valence-electron chi connectivity index (χ3n) is 1.33. The highest BCUT2D eigenvalue weighted by Crippen LogP contribution is 2.09. The van der Waals surface area contributed by atoms with Crippen LogP contribution in [-0.4, -0.2) is 8.42 Å². The van der Waals surface area contributed by atoms with Crippen LogP contribution < -0.4 is 0 Å². The minimum absolute atomic E-state index is 0.160. The van der Waals surface area contributed by atoms with Gasteiger partial charge in [-0.15, -0.1) is 0 Å². The number of hydrogen-bond donors (Lipinski definition) is 0. The second-order valence-electron chi connectivity index (χ2n) is 2.48. The summed E-state index contributed by atoms with van der Waals surface area (Å²) >= 11 is 0. The Labute approximate surface area is 71.0 Å². The van der Waals surface area contributed by atoms with Gasteiger partial charge in [0.1, 0.15) is 5.82 Å². The SMILES string of the molecule is [CH2]S(=O)(=O)Cc1ccccc1F. The van der Waals surface area contributed by atoms with Crippen molar-refractivity contribution in [1.82, 2.24) is 0 Å². The molecular weight excluding hydrogens is 179 g/mol. The van der Waals surface area contributed by atoms with Gasteiger partial charge in [0.25, 0.3) is 0 Å². The predicted molar refractivity (Wildman–Crippen MR) is 44.4 cm³/mol. The van der Waals surface area contributed by atoms with E-state index in [0.29, 0.717) is 0 Å². The Bertz CT molecular complexity index is 370. The Morgan fingerprint density at radius 1 is 1.33 bits per heavy atom. The smallest absolute Gasteiger partial charge is 0.155 e. The highest BCUT2D eigenvalue weighted by atomic mass is 32.2. The predicted octanol–water partition coefficient (Wildman–Crippen LogP) is 1.53. The van der Waals surface area contributed by atoms with Gasteiger partial charge in [0.2, 0.25) is 0 Å². The second-order valence-corrected chi connectivity index (χ2v) is 4.26. The van der Waals surface area contributed by atoms with E-state index in [0.717, 1.165) is 0 Å². The lowest BCUT2D eigenvalue weighted by Gasteiger charge is -1.99. The van der Waals surface area contributed by atoms with Crippen molar-refractivity contribution in [2.24, 2.45) is 0 Å². The lowest BCUT2D eigenvalue weighted by atomic mass is 10.2. The Balaban J connectivity index is 2.98. The van der Waals surface area contributed by atoms with E-state index in [9.17, 15) is 12.8 Å². The van der Waals surface area contributed by atoms with Crippen LogP contribution in [0.15, 0.2) is 24.3 Å². The molecule has 1 radical (unpaired) electrons. The molecule has 0 bridgehead atoms. The molecule has 0 spiro atoms. The lowest BCUT2D eigenvalue weighted by molar-refractivity contribution is 0.593. The molecule has 0 unspecified atom stereocenters. The van der Waals surface area contributed by atoms with Crippen molar-refractivity contribution in [2.75, 3.05) is 0 Å². The summed E-state index contributed by atoms with van der Waals surface area (Å²) in [6.45, 7) is 0. The van der Waals surface area contributed by atoms with Gasteiger partial charge < -0.3 is 0 Å². The first-order valence-electron chi connectivity index (χ1n) is 3.28. The molecule has 0 aromatic heterocycles. The van der Waals surface area contributed by atoms with Gasteiger partial charge in [-0.3, -0.25) is 0 Å². The van der Waals surface area contributed by atoms with Gasteiger partial charge in [-0.1, -0.05) is 18.2 Å². The molecule has 12 heavy (non-hydrogen) atoms. The van der Waals surface area contributed by atoms with Crippen LogP contribution in [0.4, 0.5) is 4.39 Å². The molecule has 0 amide bonds. The summed E-state index contributed by atoms with van der Waals surface area (Å²) in [6.07, 6.45) is 2.91. The van der Waals surface area contributed by atoms with E-state index < -0.39 is 15.7 Å². The molecule has 4 heteroatoms. The monoisotopic (exact) mass is 187 g/mol. The van der Waals surface area contributed by atoms with Gasteiger partial charge in [0.05, 0.1) is 12.0 Å². The van der Waals surface area contributed by atoms with Gasteiger partial charge in [-0.2, -0.15) is 0 Å². The highest BCUT2D eigenvalue weighted by molar-refractivity contribution is 7.91. The molecule has 2 nitrogen and oxygen atoms in total. The van der Waals surface area contributed by atoms with Gasteiger partial charge >= 0.3 is 0 Å². The molecule has 0 saturated heterocycles. The van der Waals surface area contributed by atoms with Crippen LogP contribution >= 0.6 is 0 Å². The molecular formula is C8H8FO2S. The summed E-state index contributed by atoms with van der Waals surface area (Å²) in [5.41, 5.74) is 0.160. The normalized spacial score (nSPS) is 11.5. The Kier molecular flexibility index (Phi) is 2.47. The largest absolute Gasteiger partial charge is 0.228 e. The zero-order chi connectivity index (χ0) is 9.19. The fourth-order valence-corrected chi connectivity index (χ4v) is 1.56. The third-order valence-corrected chi connectivity index (χ3v) is 2.08. The zero-order valence-corrected chi connectivity index (χ0v) is 7.14. The van der Waals surface area contributed by atoms with Crippen LogP contribution in [0.1, 0.15) is 5.56 Å². The number of rotatable bonds is 2. The third kappa shape index (κ3) is 2.62. The summed E-state index contributed by atoms with van der Waals surface area (Å²) in [4.78, 5) is 0. The average Bonchev–Trinajstić information content (AvgIpc) is 1.91. The van der Waals surface area contributed by atoms with Crippen LogP contribution in [0, 0.1) is 12.1 Å². The minimum Gasteiger partial charge on any atom is -0.228 e.